The normalized spacial score (nSPS) is 27.6. The van der Waals surface area contributed by atoms with Crippen LogP contribution in [0.5, 0.6) is 0 Å². The van der Waals surface area contributed by atoms with Crippen LogP contribution in [-0.2, 0) is 28.9 Å². The summed E-state index contributed by atoms with van der Waals surface area (Å²) in [5.74, 6) is 0.368. The number of carbonyl (C=O) groups is 2. The van der Waals surface area contributed by atoms with Gasteiger partial charge in [-0.05, 0) is 112 Å². The number of rotatable bonds is 6. The van der Waals surface area contributed by atoms with E-state index in [1.807, 2.05) is 43.4 Å². The highest BCUT2D eigenvalue weighted by atomic mass is 35.5. The maximum absolute atomic E-state index is 14.7. The lowest BCUT2D eigenvalue weighted by molar-refractivity contribution is -0.141. The van der Waals surface area contributed by atoms with Crippen LogP contribution >= 0.6 is 11.6 Å². The van der Waals surface area contributed by atoms with Crippen LogP contribution < -0.4 is 0 Å². The summed E-state index contributed by atoms with van der Waals surface area (Å²) in [6, 6.07) is 9.41. The van der Waals surface area contributed by atoms with Crippen molar-refractivity contribution in [1.29, 1.82) is 0 Å². The standard InChI is InChI=1S/C38H49ClN6O4/c1-26-22-42(25-41-26)18-13-27-5-4-17-44(23-27)36(46)33-24-43(19-20-45(33)37(47)49-31-11-14-38(2,48)15-12-31)35-32-10-9-30(39)21-29(32)8-7-28-6-3-16-40-34(28)35/h3,6,9-10,16,21-22,25,27,31,33,35,48H,4-5,7-8,11-15,17-20,23-24H2,1-2H3/t27-,31?,33+,35-,38?/m0/s1. The van der Waals surface area contributed by atoms with Gasteiger partial charge in [0.05, 0.1) is 29.4 Å². The summed E-state index contributed by atoms with van der Waals surface area (Å²) >= 11 is 6.49. The van der Waals surface area contributed by atoms with Crippen LogP contribution in [0, 0.1) is 12.8 Å². The van der Waals surface area contributed by atoms with E-state index >= 15 is 0 Å². The van der Waals surface area contributed by atoms with E-state index in [9.17, 15) is 14.7 Å². The third-order valence-electron chi connectivity index (χ3n) is 11.2. The minimum absolute atomic E-state index is 0.0115. The van der Waals surface area contributed by atoms with Crippen molar-refractivity contribution in [3.8, 4) is 0 Å². The predicted molar refractivity (Wildman–Crippen MR) is 187 cm³/mol. The second-order valence-corrected chi connectivity index (χ2v) is 15.3. The molecule has 11 heteroatoms. The Morgan fingerprint density at radius 2 is 1.86 bits per heavy atom. The predicted octanol–water partition coefficient (Wildman–Crippen LogP) is 5.57. The van der Waals surface area contributed by atoms with E-state index in [4.69, 9.17) is 21.3 Å². The number of piperazine rings is 1. The zero-order valence-electron chi connectivity index (χ0n) is 28.8. The number of benzene rings is 1. The zero-order chi connectivity index (χ0) is 34.1. The summed E-state index contributed by atoms with van der Waals surface area (Å²) in [6.07, 6.45) is 12.2. The minimum atomic E-state index is -0.724. The van der Waals surface area contributed by atoms with Gasteiger partial charge in [0.15, 0.2) is 0 Å². The molecule has 1 aromatic carbocycles. The summed E-state index contributed by atoms with van der Waals surface area (Å²) in [7, 11) is 0. The van der Waals surface area contributed by atoms with Gasteiger partial charge in [-0.15, -0.1) is 0 Å². The average Bonchev–Trinajstić information content (AvgIpc) is 3.45. The number of likely N-dealkylation sites (tertiary alicyclic amines) is 1. The van der Waals surface area contributed by atoms with E-state index in [0.717, 1.165) is 55.6 Å². The number of pyridine rings is 1. The SMILES string of the molecule is Cc1cn(CC[C@@H]2CCCN(C(=O)[C@H]3CN([C@H]4c5ccc(Cl)cc5CCc5cccnc54)CCN3C(=O)OC3CCC(C)(O)CC3)C2)cn1. The fraction of sp³-hybridized carbons (Fsp3) is 0.579. The Balaban J connectivity index is 1.14. The molecule has 0 bridgehead atoms. The Bertz CT molecular complexity index is 1650. The number of aromatic nitrogens is 3. The number of aliphatic hydroxyl groups is 1. The number of halogens is 1. The summed E-state index contributed by atoms with van der Waals surface area (Å²) in [5, 5.41) is 11.2. The van der Waals surface area contributed by atoms with Crippen LogP contribution in [0.2, 0.25) is 5.02 Å². The smallest absolute Gasteiger partial charge is 0.410 e. The van der Waals surface area contributed by atoms with Crippen molar-refractivity contribution in [3.63, 3.8) is 0 Å². The number of fused-ring (bicyclic) bond motifs is 2. The highest BCUT2D eigenvalue weighted by Crippen LogP contribution is 2.38. The first kappa shape index (κ1) is 34.0. The van der Waals surface area contributed by atoms with Crippen LogP contribution in [0.3, 0.4) is 0 Å². The molecule has 2 aliphatic heterocycles. The Morgan fingerprint density at radius 3 is 2.65 bits per heavy atom. The van der Waals surface area contributed by atoms with Gasteiger partial charge in [-0.1, -0.05) is 23.7 Å². The summed E-state index contributed by atoms with van der Waals surface area (Å²) < 4.78 is 8.21. The van der Waals surface area contributed by atoms with Crippen molar-refractivity contribution in [1.82, 2.24) is 29.2 Å². The number of hydrogen-bond acceptors (Lipinski definition) is 7. The Morgan fingerprint density at radius 1 is 1.04 bits per heavy atom. The van der Waals surface area contributed by atoms with Crippen LogP contribution in [0.4, 0.5) is 4.79 Å². The number of imidazole rings is 1. The summed E-state index contributed by atoms with van der Waals surface area (Å²) in [4.78, 5) is 43.9. The van der Waals surface area contributed by atoms with Crippen molar-refractivity contribution in [2.75, 3.05) is 32.7 Å². The van der Waals surface area contributed by atoms with E-state index in [1.165, 1.54) is 11.1 Å². The third kappa shape index (κ3) is 7.66. The van der Waals surface area contributed by atoms with Crippen LogP contribution in [0.1, 0.15) is 86.0 Å². The first-order valence-corrected chi connectivity index (χ1v) is 18.4. The number of carbonyl (C=O) groups excluding carboxylic acids is 2. The van der Waals surface area contributed by atoms with Crippen molar-refractivity contribution < 1.29 is 19.4 Å². The first-order chi connectivity index (χ1) is 23.6. The molecule has 3 fully saturated rings. The van der Waals surface area contributed by atoms with Crippen LogP contribution in [0.15, 0.2) is 49.1 Å². The zero-order valence-corrected chi connectivity index (χ0v) is 29.5. The van der Waals surface area contributed by atoms with E-state index < -0.39 is 17.7 Å². The quantitative estimate of drug-likeness (QED) is 0.361. The van der Waals surface area contributed by atoms with Gasteiger partial charge < -0.3 is 19.3 Å². The lowest BCUT2D eigenvalue weighted by Gasteiger charge is -2.46. The Labute approximate surface area is 294 Å². The molecule has 262 valence electrons. The number of nitrogens with zero attached hydrogens (tertiary/aromatic N) is 6. The van der Waals surface area contributed by atoms with Gasteiger partial charge in [-0.3, -0.25) is 19.6 Å². The van der Waals surface area contributed by atoms with E-state index in [1.54, 1.807) is 4.90 Å². The van der Waals surface area contributed by atoms with Gasteiger partial charge in [-0.2, -0.15) is 0 Å². The lowest BCUT2D eigenvalue weighted by atomic mass is 9.85. The fourth-order valence-electron chi connectivity index (χ4n) is 8.40. The van der Waals surface area contributed by atoms with Gasteiger partial charge in [0.1, 0.15) is 12.1 Å². The summed E-state index contributed by atoms with van der Waals surface area (Å²) in [6.45, 7) is 7.41. The van der Waals surface area contributed by atoms with Crippen molar-refractivity contribution in [3.05, 3.63) is 82.2 Å². The molecule has 2 saturated heterocycles. The largest absolute Gasteiger partial charge is 0.446 e. The van der Waals surface area contributed by atoms with Crippen molar-refractivity contribution in [2.24, 2.45) is 5.92 Å². The molecule has 4 heterocycles. The Hall–Kier alpha value is -3.47. The number of hydrogen-bond donors (Lipinski definition) is 1. The van der Waals surface area contributed by atoms with Gasteiger partial charge in [0, 0.05) is 56.7 Å². The number of aryl methyl sites for hydroxylation is 4. The molecule has 49 heavy (non-hydrogen) atoms. The maximum atomic E-state index is 14.7. The second-order valence-electron chi connectivity index (χ2n) is 14.9. The highest BCUT2D eigenvalue weighted by molar-refractivity contribution is 6.30. The molecule has 2 amide bonds. The van der Waals surface area contributed by atoms with E-state index in [-0.39, 0.29) is 18.1 Å². The molecule has 10 nitrogen and oxygen atoms in total. The number of piperidine rings is 1. The highest BCUT2D eigenvalue weighted by Gasteiger charge is 2.44. The van der Waals surface area contributed by atoms with E-state index in [2.05, 4.69) is 38.8 Å². The maximum Gasteiger partial charge on any atom is 0.410 e. The fourth-order valence-corrected chi connectivity index (χ4v) is 8.59. The summed E-state index contributed by atoms with van der Waals surface area (Å²) in [5.41, 5.74) is 4.84. The van der Waals surface area contributed by atoms with Gasteiger partial charge in [0.25, 0.3) is 0 Å². The van der Waals surface area contributed by atoms with Crippen LogP contribution in [-0.4, -0.2) is 96.8 Å². The van der Waals surface area contributed by atoms with Crippen LogP contribution in [0.25, 0.3) is 0 Å². The number of ether oxygens (including phenoxy) is 1. The van der Waals surface area contributed by atoms with Gasteiger partial charge >= 0.3 is 6.09 Å². The van der Waals surface area contributed by atoms with Crippen molar-refractivity contribution >= 4 is 23.6 Å². The molecule has 0 radical (unpaired) electrons. The minimum Gasteiger partial charge on any atom is -0.446 e. The molecule has 1 N–H and O–H groups in total. The second kappa shape index (κ2) is 14.4. The molecule has 2 aliphatic carbocycles. The third-order valence-corrected chi connectivity index (χ3v) is 11.4. The molecule has 3 atom stereocenters. The monoisotopic (exact) mass is 688 g/mol. The molecule has 0 spiro atoms. The molecular formula is C38H49ClN6O4. The molecule has 3 aromatic rings. The molecule has 4 aliphatic rings. The topological polar surface area (TPSA) is 104 Å². The first-order valence-electron chi connectivity index (χ1n) is 18.1. The number of amides is 2. The lowest BCUT2D eigenvalue weighted by Crippen LogP contribution is -2.62. The van der Waals surface area contributed by atoms with Gasteiger partial charge in [0.2, 0.25) is 5.91 Å². The molecular weight excluding hydrogens is 640 g/mol. The van der Waals surface area contributed by atoms with E-state index in [0.29, 0.717) is 69.3 Å². The molecule has 2 aromatic heterocycles. The Kier molecular flexibility index (Phi) is 10.00. The molecule has 7 rings (SSSR count). The average molecular weight is 689 g/mol. The molecule has 0 unspecified atom stereocenters. The van der Waals surface area contributed by atoms with Crippen molar-refractivity contribution in [2.45, 2.75) is 102 Å². The molecule has 1 saturated carbocycles. The van der Waals surface area contributed by atoms with Gasteiger partial charge in [-0.25, -0.2) is 9.78 Å².